The molecule has 3 rings (SSSR count). The lowest BCUT2D eigenvalue weighted by Crippen LogP contribution is -2.33. The molecule has 1 unspecified atom stereocenters. The summed E-state index contributed by atoms with van der Waals surface area (Å²) in [5, 5.41) is 5.06. The van der Waals surface area contributed by atoms with E-state index in [4.69, 9.17) is 0 Å². The van der Waals surface area contributed by atoms with Gasteiger partial charge >= 0.3 is 6.18 Å². The zero-order chi connectivity index (χ0) is 18.9. The maximum atomic E-state index is 12.7. The molecule has 1 aliphatic heterocycles. The molecule has 1 amide bonds. The Morgan fingerprint density at radius 1 is 1.08 bits per heavy atom. The average molecular weight is 360 g/mol. The van der Waals surface area contributed by atoms with Crippen molar-refractivity contribution in [3.8, 4) is 0 Å². The van der Waals surface area contributed by atoms with Gasteiger partial charge in [0.2, 0.25) is 0 Å². The number of benzene rings is 2. The number of Topliss-reactive ketones (excluding diaryl/α,β-unsaturated/α-hetero) is 1. The van der Waals surface area contributed by atoms with Crippen LogP contribution in [0.5, 0.6) is 0 Å². The van der Waals surface area contributed by atoms with Crippen molar-refractivity contribution in [2.24, 2.45) is 11.0 Å². The largest absolute Gasteiger partial charge is 0.416 e. The molecule has 1 aliphatic rings. The predicted molar refractivity (Wildman–Crippen MR) is 90.7 cm³/mol. The molecule has 0 aliphatic carbocycles. The van der Waals surface area contributed by atoms with Crippen LogP contribution in [0.2, 0.25) is 0 Å². The first-order chi connectivity index (χ1) is 12.3. The molecule has 1 heterocycles. The monoisotopic (exact) mass is 360 g/mol. The van der Waals surface area contributed by atoms with Crippen molar-refractivity contribution in [2.45, 2.75) is 19.5 Å². The van der Waals surface area contributed by atoms with Gasteiger partial charge in [0.15, 0.2) is 5.78 Å². The molecule has 0 fully saturated rings. The molecule has 2 aromatic carbocycles. The van der Waals surface area contributed by atoms with Crippen LogP contribution in [0.25, 0.3) is 0 Å². The maximum absolute atomic E-state index is 12.7. The molecule has 0 radical (unpaired) electrons. The third-order valence-corrected chi connectivity index (χ3v) is 4.11. The van der Waals surface area contributed by atoms with Crippen molar-refractivity contribution >= 4 is 23.1 Å². The molecule has 4 nitrogen and oxygen atoms in total. The minimum atomic E-state index is -4.46. The summed E-state index contributed by atoms with van der Waals surface area (Å²) in [7, 11) is 0. The van der Waals surface area contributed by atoms with E-state index in [2.05, 4.69) is 5.10 Å². The molecule has 26 heavy (non-hydrogen) atoms. The zero-order valence-electron chi connectivity index (χ0n) is 13.8. The number of nitrogens with zero attached hydrogens (tertiary/aromatic N) is 2. The number of halogens is 3. The van der Waals surface area contributed by atoms with E-state index in [1.54, 1.807) is 31.2 Å². The van der Waals surface area contributed by atoms with Crippen molar-refractivity contribution in [3.05, 3.63) is 65.7 Å². The first kappa shape index (κ1) is 17.8. The summed E-state index contributed by atoms with van der Waals surface area (Å²) in [6.07, 6.45) is -4.37. The van der Waals surface area contributed by atoms with Gasteiger partial charge in [0, 0.05) is 6.42 Å². The first-order valence-electron chi connectivity index (χ1n) is 7.90. The van der Waals surface area contributed by atoms with Gasteiger partial charge in [-0.25, -0.2) is 0 Å². The molecule has 0 bridgehead atoms. The van der Waals surface area contributed by atoms with Crippen LogP contribution in [0.15, 0.2) is 59.7 Å². The van der Waals surface area contributed by atoms with Gasteiger partial charge in [0.1, 0.15) is 5.92 Å². The van der Waals surface area contributed by atoms with Crippen molar-refractivity contribution < 1.29 is 22.8 Å². The van der Waals surface area contributed by atoms with Crippen molar-refractivity contribution in [2.75, 3.05) is 5.01 Å². The summed E-state index contributed by atoms with van der Waals surface area (Å²) >= 11 is 0. The number of hydrogen-bond acceptors (Lipinski definition) is 3. The first-order valence-corrected chi connectivity index (χ1v) is 7.90. The smallest absolute Gasteiger partial charge is 0.298 e. The Bertz CT molecular complexity index is 859. The van der Waals surface area contributed by atoms with Crippen LogP contribution in [-0.2, 0) is 22.2 Å². The molecule has 0 saturated heterocycles. The van der Waals surface area contributed by atoms with E-state index in [-0.39, 0.29) is 17.9 Å². The lowest BCUT2D eigenvalue weighted by atomic mass is 9.94. The molecule has 0 spiro atoms. The molecule has 2 aromatic rings. The Balaban J connectivity index is 1.78. The lowest BCUT2D eigenvalue weighted by Gasteiger charge is -2.15. The van der Waals surface area contributed by atoms with E-state index in [0.29, 0.717) is 5.71 Å². The minimum absolute atomic E-state index is 0.0883. The standard InChI is InChI=1S/C19H15F3N2O2/c1-12-17(16(25)11-13-5-3-2-4-6-13)18(26)24(23-12)15-9-7-14(8-10-15)19(20,21)22/h2-10,17H,11H2,1H3. The Morgan fingerprint density at radius 3 is 2.27 bits per heavy atom. The van der Waals surface area contributed by atoms with Crippen LogP contribution in [0, 0.1) is 5.92 Å². The second-order valence-corrected chi connectivity index (χ2v) is 6.00. The number of amides is 1. The highest BCUT2D eigenvalue weighted by molar-refractivity contribution is 6.27. The van der Waals surface area contributed by atoms with Crippen LogP contribution >= 0.6 is 0 Å². The van der Waals surface area contributed by atoms with E-state index in [1.807, 2.05) is 6.07 Å². The Labute approximate surface area is 147 Å². The van der Waals surface area contributed by atoms with E-state index in [0.717, 1.165) is 22.7 Å². The number of carbonyl (C=O) groups excluding carboxylic acids is 2. The Morgan fingerprint density at radius 2 is 1.69 bits per heavy atom. The summed E-state index contributed by atoms with van der Waals surface area (Å²) in [5.41, 5.74) is 0.490. The highest BCUT2D eigenvalue weighted by Gasteiger charge is 2.39. The summed E-state index contributed by atoms with van der Waals surface area (Å²) in [6.45, 7) is 1.57. The number of hydrogen-bond donors (Lipinski definition) is 0. The third kappa shape index (κ3) is 3.51. The highest BCUT2D eigenvalue weighted by atomic mass is 19.4. The molecule has 1 atom stereocenters. The van der Waals surface area contributed by atoms with E-state index < -0.39 is 23.6 Å². The van der Waals surface area contributed by atoms with Crippen LogP contribution in [0.3, 0.4) is 0 Å². The Kier molecular flexibility index (Phi) is 4.63. The molecular weight excluding hydrogens is 345 g/mol. The van der Waals surface area contributed by atoms with Gasteiger partial charge in [0.25, 0.3) is 5.91 Å². The van der Waals surface area contributed by atoms with Crippen LogP contribution in [0.4, 0.5) is 18.9 Å². The van der Waals surface area contributed by atoms with Crippen molar-refractivity contribution in [1.29, 1.82) is 0 Å². The molecule has 0 saturated carbocycles. The topological polar surface area (TPSA) is 49.7 Å². The quantitative estimate of drug-likeness (QED) is 0.778. The van der Waals surface area contributed by atoms with Gasteiger partial charge in [-0.15, -0.1) is 0 Å². The summed E-state index contributed by atoms with van der Waals surface area (Å²) in [4.78, 5) is 25.1. The third-order valence-electron chi connectivity index (χ3n) is 4.11. The number of ketones is 1. The number of rotatable bonds is 4. The highest BCUT2D eigenvalue weighted by Crippen LogP contribution is 2.32. The number of hydrazone groups is 1. The van der Waals surface area contributed by atoms with Gasteiger partial charge < -0.3 is 0 Å². The van der Waals surface area contributed by atoms with Crippen LogP contribution in [-0.4, -0.2) is 17.4 Å². The van der Waals surface area contributed by atoms with Gasteiger partial charge in [0.05, 0.1) is 17.0 Å². The molecule has 7 heteroatoms. The number of carbonyl (C=O) groups is 2. The fourth-order valence-electron chi connectivity index (χ4n) is 2.81. The van der Waals surface area contributed by atoms with E-state index in [9.17, 15) is 22.8 Å². The summed E-state index contributed by atoms with van der Waals surface area (Å²) in [6, 6.07) is 13.1. The summed E-state index contributed by atoms with van der Waals surface area (Å²) < 4.78 is 38.0. The van der Waals surface area contributed by atoms with Crippen LogP contribution < -0.4 is 5.01 Å². The SMILES string of the molecule is CC1=NN(c2ccc(C(F)(F)F)cc2)C(=O)C1C(=O)Cc1ccccc1. The van der Waals surface area contributed by atoms with Crippen molar-refractivity contribution in [3.63, 3.8) is 0 Å². The van der Waals surface area contributed by atoms with Crippen molar-refractivity contribution in [1.82, 2.24) is 0 Å². The molecular formula is C19H15F3N2O2. The second-order valence-electron chi connectivity index (χ2n) is 6.00. The predicted octanol–water partition coefficient (Wildman–Crippen LogP) is 3.86. The van der Waals surface area contributed by atoms with E-state index in [1.165, 1.54) is 12.1 Å². The minimum Gasteiger partial charge on any atom is -0.298 e. The van der Waals surface area contributed by atoms with Crippen LogP contribution in [0.1, 0.15) is 18.1 Å². The summed E-state index contributed by atoms with van der Waals surface area (Å²) in [5.74, 6) is -1.86. The molecule has 0 aromatic heterocycles. The zero-order valence-corrected chi connectivity index (χ0v) is 13.8. The second kappa shape index (κ2) is 6.74. The fraction of sp³-hybridized carbons (Fsp3) is 0.211. The number of anilines is 1. The molecule has 0 N–H and O–H groups in total. The fourth-order valence-corrected chi connectivity index (χ4v) is 2.81. The van der Waals surface area contributed by atoms with Gasteiger partial charge in [-0.3, -0.25) is 9.59 Å². The number of alkyl halides is 3. The normalized spacial score (nSPS) is 17.4. The molecule has 134 valence electrons. The average Bonchev–Trinajstić information content (AvgIpc) is 2.89. The van der Waals surface area contributed by atoms with Gasteiger partial charge in [-0.1, -0.05) is 30.3 Å². The van der Waals surface area contributed by atoms with Gasteiger partial charge in [-0.2, -0.15) is 23.3 Å². The lowest BCUT2D eigenvalue weighted by molar-refractivity contribution is -0.137. The van der Waals surface area contributed by atoms with E-state index >= 15 is 0 Å². The van der Waals surface area contributed by atoms with Gasteiger partial charge in [-0.05, 0) is 36.8 Å². The maximum Gasteiger partial charge on any atom is 0.416 e. The Hall–Kier alpha value is -2.96.